The van der Waals surface area contributed by atoms with Crippen LogP contribution in [0.5, 0.6) is 0 Å². The van der Waals surface area contributed by atoms with Gasteiger partial charge in [-0.25, -0.2) is 0 Å². The van der Waals surface area contributed by atoms with Crippen molar-refractivity contribution in [3.63, 3.8) is 0 Å². The Morgan fingerprint density at radius 2 is 1.87 bits per heavy atom. The van der Waals surface area contributed by atoms with Gasteiger partial charge in [-0.15, -0.1) is 0 Å². The normalized spacial score (nSPS) is 15.9. The van der Waals surface area contributed by atoms with E-state index >= 15 is 0 Å². The summed E-state index contributed by atoms with van der Waals surface area (Å²) in [5, 5.41) is 0. The van der Waals surface area contributed by atoms with Gasteiger partial charge in [0.15, 0.2) is 5.41 Å². The summed E-state index contributed by atoms with van der Waals surface area (Å²) < 4.78 is 12.5. The van der Waals surface area contributed by atoms with Gasteiger partial charge in [0.05, 0.1) is 13.2 Å². The van der Waals surface area contributed by atoms with Crippen molar-refractivity contribution in [2.75, 3.05) is 13.2 Å². The first kappa shape index (κ1) is 15.6. The molecule has 0 saturated carbocycles. The van der Waals surface area contributed by atoms with E-state index in [1.807, 2.05) is 30.5 Å². The third kappa shape index (κ3) is 2.50. The standard InChI is InChI=1S/C18H21NO4/c1-3-22-16(20)18(17(21)23-4-2)9-8-15-13(12-18)11-14-7-5-6-10-19(14)15/h5-7,10-11H,3-4,8-9,12H2,1-2H3. The summed E-state index contributed by atoms with van der Waals surface area (Å²) in [5.74, 6) is -0.946. The van der Waals surface area contributed by atoms with Gasteiger partial charge in [0, 0.05) is 23.8 Å². The quantitative estimate of drug-likeness (QED) is 0.643. The highest BCUT2D eigenvalue weighted by Gasteiger charge is 2.51. The molecule has 0 aliphatic heterocycles. The van der Waals surface area contributed by atoms with Crippen LogP contribution in [0.3, 0.4) is 0 Å². The van der Waals surface area contributed by atoms with Crippen molar-refractivity contribution in [3.05, 3.63) is 41.7 Å². The Balaban J connectivity index is 2.03. The molecule has 0 fully saturated rings. The van der Waals surface area contributed by atoms with E-state index in [-0.39, 0.29) is 13.2 Å². The first-order chi connectivity index (χ1) is 11.1. The highest BCUT2D eigenvalue weighted by molar-refractivity contribution is 6.00. The lowest BCUT2D eigenvalue weighted by molar-refractivity contribution is -0.173. The Morgan fingerprint density at radius 1 is 1.17 bits per heavy atom. The van der Waals surface area contributed by atoms with Crippen LogP contribution in [0.25, 0.3) is 5.52 Å². The fourth-order valence-corrected chi connectivity index (χ4v) is 3.39. The summed E-state index contributed by atoms with van der Waals surface area (Å²) in [5.41, 5.74) is 2.03. The molecule has 0 aromatic carbocycles. The Labute approximate surface area is 135 Å². The number of carbonyl (C=O) groups excluding carboxylic acids is 2. The number of fused-ring (bicyclic) bond motifs is 3. The summed E-state index contributed by atoms with van der Waals surface area (Å²) in [7, 11) is 0. The van der Waals surface area contributed by atoms with Crippen molar-refractivity contribution in [2.45, 2.75) is 33.1 Å². The number of carbonyl (C=O) groups is 2. The SMILES string of the molecule is CCOC(=O)C1(C(=O)OCC)CCc2c(cc3ccccn23)C1. The first-order valence-corrected chi connectivity index (χ1v) is 8.04. The van der Waals surface area contributed by atoms with Crippen LogP contribution < -0.4 is 0 Å². The number of hydrogen-bond donors (Lipinski definition) is 0. The second-order valence-electron chi connectivity index (χ2n) is 5.81. The lowest BCUT2D eigenvalue weighted by atomic mass is 9.73. The van der Waals surface area contributed by atoms with Gasteiger partial charge in [0.1, 0.15) is 0 Å². The topological polar surface area (TPSA) is 57.0 Å². The summed E-state index contributed by atoms with van der Waals surface area (Å²) in [4.78, 5) is 25.1. The summed E-state index contributed by atoms with van der Waals surface area (Å²) in [6, 6.07) is 8.02. The van der Waals surface area contributed by atoms with Crippen LogP contribution in [-0.4, -0.2) is 29.6 Å². The molecule has 2 heterocycles. The molecular weight excluding hydrogens is 294 g/mol. The van der Waals surface area contributed by atoms with E-state index in [9.17, 15) is 9.59 Å². The summed E-state index contributed by atoms with van der Waals surface area (Å²) >= 11 is 0. The van der Waals surface area contributed by atoms with Gasteiger partial charge in [-0.05, 0) is 50.5 Å². The number of pyridine rings is 1. The number of rotatable bonds is 4. The van der Waals surface area contributed by atoms with Crippen LogP contribution in [0.1, 0.15) is 31.5 Å². The lowest BCUT2D eigenvalue weighted by Gasteiger charge is -2.32. The second-order valence-corrected chi connectivity index (χ2v) is 5.81. The van der Waals surface area contributed by atoms with Crippen molar-refractivity contribution in [1.82, 2.24) is 4.40 Å². The molecule has 2 aromatic rings. The van der Waals surface area contributed by atoms with Crippen LogP contribution in [0.4, 0.5) is 0 Å². The predicted molar refractivity (Wildman–Crippen MR) is 85.1 cm³/mol. The molecule has 122 valence electrons. The maximum atomic E-state index is 12.5. The Morgan fingerprint density at radius 3 is 2.52 bits per heavy atom. The van der Waals surface area contributed by atoms with Gasteiger partial charge in [-0.3, -0.25) is 9.59 Å². The van der Waals surface area contributed by atoms with Crippen LogP contribution in [0, 0.1) is 5.41 Å². The van der Waals surface area contributed by atoms with Gasteiger partial charge in [-0.2, -0.15) is 0 Å². The molecule has 0 bridgehead atoms. The van der Waals surface area contributed by atoms with E-state index in [2.05, 4.69) is 4.40 Å². The van der Waals surface area contributed by atoms with Gasteiger partial charge in [0.25, 0.3) is 0 Å². The minimum Gasteiger partial charge on any atom is -0.465 e. The maximum Gasteiger partial charge on any atom is 0.323 e. The maximum absolute atomic E-state index is 12.5. The fraction of sp³-hybridized carbons (Fsp3) is 0.444. The second kappa shape index (κ2) is 6.07. The van der Waals surface area contributed by atoms with E-state index in [0.29, 0.717) is 19.3 Å². The Hall–Kier alpha value is -2.30. The third-order valence-electron chi connectivity index (χ3n) is 4.49. The fourth-order valence-electron chi connectivity index (χ4n) is 3.39. The molecule has 1 aliphatic rings. The van der Waals surface area contributed by atoms with E-state index in [1.54, 1.807) is 13.8 Å². The van der Waals surface area contributed by atoms with Crippen molar-refractivity contribution in [3.8, 4) is 0 Å². The molecule has 5 heteroatoms. The van der Waals surface area contributed by atoms with Gasteiger partial charge < -0.3 is 13.9 Å². The highest BCUT2D eigenvalue weighted by Crippen LogP contribution is 2.39. The molecule has 0 atom stereocenters. The summed E-state index contributed by atoms with van der Waals surface area (Å²) in [6.07, 6.45) is 3.40. The van der Waals surface area contributed by atoms with E-state index in [0.717, 1.165) is 16.8 Å². The zero-order valence-electron chi connectivity index (χ0n) is 13.5. The minimum absolute atomic E-state index is 0.255. The van der Waals surface area contributed by atoms with Crippen LogP contribution >= 0.6 is 0 Å². The first-order valence-electron chi connectivity index (χ1n) is 8.04. The largest absolute Gasteiger partial charge is 0.465 e. The molecular formula is C18H21NO4. The minimum atomic E-state index is -1.22. The van der Waals surface area contributed by atoms with Crippen molar-refractivity contribution in [1.29, 1.82) is 0 Å². The van der Waals surface area contributed by atoms with E-state index < -0.39 is 17.4 Å². The number of hydrogen-bond acceptors (Lipinski definition) is 4. The zero-order valence-corrected chi connectivity index (χ0v) is 13.5. The zero-order chi connectivity index (χ0) is 16.4. The molecule has 1 aliphatic carbocycles. The molecule has 3 rings (SSSR count). The van der Waals surface area contributed by atoms with Crippen LogP contribution in [-0.2, 0) is 31.9 Å². The predicted octanol–water partition coefficient (Wildman–Crippen LogP) is 2.54. The van der Waals surface area contributed by atoms with Crippen LogP contribution in [0.2, 0.25) is 0 Å². The van der Waals surface area contributed by atoms with Crippen molar-refractivity contribution >= 4 is 17.5 Å². The summed E-state index contributed by atoms with van der Waals surface area (Å²) in [6.45, 7) is 4.00. The Kier molecular flexibility index (Phi) is 4.11. The molecule has 0 unspecified atom stereocenters. The molecule has 23 heavy (non-hydrogen) atoms. The smallest absolute Gasteiger partial charge is 0.323 e. The van der Waals surface area contributed by atoms with Gasteiger partial charge in [-0.1, -0.05) is 6.07 Å². The molecule has 0 amide bonds. The number of aromatic nitrogens is 1. The van der Waals surface area contributed by atoms with Crippen molar-refractivity contribution in [2.24, 2.45) is 5.41 Å². The number of aryl methyl sites for hydroxylation is 1. The molecule has 5 nitrogen and oxygen atoms in total. The van der Waals surface area contributed by atoms with Crippen LogP contribution in [0.15, 0.2) is 30.5 Å². The molecule has 0 N–H and O–H groups in total. The Bertz CT molecular complexity index is 729. The van der Waals surface area contributed by atoms with Gasteiger partial charge >= 0.3 is 11.9 Å². The molecule has 0 saturated heterocycles. The number of nitrogens with zero attached hydrogens (tertiary/aromatic N) is 1. The average molecular weight is 315 g/mol. The third-order valence-corrected chi connectivity index (χ3v) is 4.49. The van der Waals surface area contributed by atoms with E-state index in [1.165, 1.54) is 0 Å². The molecule has 2 aromatic heterocycles. The van der Waals surface area contributed by atoms with Crippen molar-refractivity contribution < 1.29 is 19.1 Å². The molecule has 0 radical (unpaired) electrons. The number of ether oxygens (including phenoxy) is 2. The van der Waals surface area contributed by atoms with E-state index in [4.69, 9.17) is 9.47 Å². The molecule has 0 spiro atoms. The lowest BCUT2D eigenvalue weighted by Crippen LogP contribution is -2.46. The highest BCUT2D eigenvalue weighted by atomic mass is 16.6. The number of esters is 2. The van der Waals surface area contributed by atoms with Gasteiger partial charge in [0.2, 0.25) is 0 Å². The average Bonchev–Trinajstić information content (AvgIpc) is 2.92. The monoisotopic (exact) mass is 315 g/mol.